The van der Waals surface area contributed by atoms with Crippen molar-refractivity contribution in [3.05, 3.63) is 24.3 Å². The molecule has 0 aliphatic carbocycles. The number of aromatic nitrogens is 4. The van der Waals surface area contributed by atoms with Crippen LogP contribution in [0.4, 0.5) is 0 Å². The molecule has 1 atom stereocenters. The predicted molar refractivity (Wildman–Crippen MR) is 95.1 cm³/mol. The lowest BCUT2D eigenvalue weighted by molar-refractivity contribution is 0.172. The molecule has 3 heterocycles. The van der Waals surface area contributed by atoms with Crippen molar-refractivity contribution in [2.24, 2.45) is 5.92 Å². The maximum absolute atomic E-state index is 5.41. The number of fused-ring (bicyclic) bond motifs is 3. The Balaban J connectivity index is 1.75. The van der Waals surface area contributed by atoms with E-state index in [9.17, 15) is 0 Å². The third-order valence-corrected chi connectivity index (χ3v) is 4.93. The van der Waals surface area contributed by atoms with Crippen molar-refractivity contribution in [1.82, 2.24) is 24.5 Å². The van der Waals surface area contributed by atoms with Crippen LogP contribution in [0.25, 0.3) is 16.6 Å². The van der Waals surface area contributed by atoms with Gasteiger partial charge in [0.2, 0.25) is 0 Å². The predicted octanol–water partition coefficient (Wildman–Crippen LogP) is 2.53. The van der Waals surface area contributed by atoms with Gasteiger partial charge in [-0.1, -0.05) is 6.92 Å². The van der Waals surface area contributed by atoms with Crippen LogP contribution in [0.1, 0.15) is 25.6 Å². The minimum atomic E-state index is 0.661. The van der Waals surface area contributed by atoms with Gasteiger partial charge in [0.05, 0.1) is 26.3 Å². The molecule has 0 radical (unpaired) electrons. The smallest absolute Gasteiger partial charge is 0.171 e. The molecule has 132 valence electrons. The van der Waals surface area contributed by atoms with Gasteiger partial charge in [-0.25, -0.2) is 4.98 Å². The summed E-state index contributed by atoms with van der Waals surface area (Å²) in [6.07, 6.45) is 4.35. The van der Waals surface area contributed by atoms with Crippen LogP contribution in [0.5, 0.6) is 11.5 Å². The van der Waals surface area contributed by atoms with Crippen molar-refractivity contribution < 1.29 is 9.47 Å². The van der Waals surface area contributed by atoms with Gasteiger partial charge in [-0.3, -0.25) is 9.30 Å². The maximum atomic E-state index is 5.41. The molecule has 25 heavy (non-hydrogen) atoms. The molecule has 1 aliphatic rings. The van der Waals surface area contributed by atoms with E-state index in [2.05, 4.69) is 27.0 Å². The van der Waals surface area contributed by atoms with Crippen LogP contribution >= 0.6 is 0 Å². The number of ether oxygens (including phenoxy) is 2. The van der Waals surface area contributed by atoms with Gasteiger partial charge in [0.1, 0.15) is 6.33 Å². The van der Waals surface area contributed by atoms with Crippen LogP contribution < -0.4 is 9.47 Å². The summed E-state index contributed by atoms with van der Waals surface area (Å²) < 4.78 is 12.8. The first kappa shape index (κ1) is 16.1. The minimum absolute atomic E-state index is 0.661. The Hall–Kier alpha value is -2.41. The van der Waals surface area contributed by atoms with Gasteiger partial charge in [0, 0.05) is 18.0 Å². The molecule has 7 heteroatoms. The number of methoxy groups -OCH3 is 2. The molecule has 1 aromatic carbocycles. The van der Waals surface area contributed by atoms with E-state index in [0.717, 1.165) is 47.9 Å². The normalized spacial score (nSPS) is 18.8. The summed E-state index contributed by atoms with van der Waals surface area (Å²) in [6.45, 7) is 5.33. The molecule has 3 aromatic rings. The average Bonchev–Trinajstić information content (AvgIpc) is 3.03. The van der Waals surface area contributed by atoms with Crippen molar-refractivity contribution in [3.63, 3.8) is 0 Å². The maximum Gasteiger partial charge on any atom is 0.171 e. The van der Waals surface area contributed by atoms with Gasteiger partial charge in [0.15, 0.2) is 23.0 Å². The molecule has 7 nitrogen and oxygen atoms in total. The highest BCUT2D eigenvalue weighted by Gasteiger charge is 2.19. The van der Waals surface area contributed by atoms with E-state index in [4.69, 9.17) is 9.47 Å². The molecular formula is C18H23N5O2. The van der Waals surface area contributed by atoms with Crippen molar-refractivity contribution in [1.29, 1.82) is 0 Å². The number of benzene rings is 1. The average molecular weight is 341 g/mol. The second-order valence-electron chi connectivity index (χ2n) is 6.76. The third-order valence-electron chi connectivity index (χ3n) is 4.93. The zero-order chi connectivity index (χ0) is 17.4. The Morgan fingerprint density at radius 2 is 1.96 bits per heavy atom. The number of likely N-dealkylation sites (tertiary alicyclic amines) is 1. The summed E-state index contributed by atoms with van der Waals surface area (Å²) in [4.78, 5) is 7.01. The molecule has 0 bridgehead atoms. The first-order valence-electron chi connectivity index (χ1n) is 8.66. The van der Waals surface area contributed by atoms with Crippen LogP contribution in [0.2, 0.25) is 0 Å². The van der Waals surface area contributed by atoms with Gasteiger partial charge in [-0.2, -0.15) is 0 Å². The standard InChI is InChI=1S/C18H23N5O2/c1-12-5-4-6-22(9-12)10-17-20-21-18-13-7-15(24-2)16(25-3)8-14(13)19-11-23(17)18/h7-8,11-12H,4-6,9-10H2,1-3H3/t12-/m1/s1. The zero-order valence-electron chi connectivity index (χ0n) is 14.9. The van der Waals surface area contributed by atoms with Gasteiger partial charge in [0.25, 0.3) is 0 Å². The number of hydrogen-bond donors (Lipinski definition) is 0. The Kier molecular flexibility index (Phi) is 4.17. The summed E-state index contributed by atoms with van der Waals surface area (Å²) >= 11 is 0. The largest absolute Gasteiger partial charge is 0.493 e. The first-order valence-corrected chi connectivity index (χ1v) is 8.66. The Bertz CT molecular complexity index is 907. The van der Waals surface area contributed by atoms with E-state index in [0.29, 0.717) is 11.5 Å². The molecule has 0 unspecified atom stereocenters. The second-order valence-corrected chi connectivity index (χ2v) is 6.76. The number of nitrogens with zero attached hydrogens (tertiary/aromatic N) is 5. The topological polar surface area (TPSA) is 64.8 Å². The van der Waals surface area contributed by atoms with Gasteiger partial charge < -0.3 is 9.47 Å². The lowest BCUT2D eigenvalue weighted by Crippen LogP contribution is -2.34. The van der Waals surface area contributed by atoms with Crippen LogP contribution in [0, 0.1) is 5.92 Å². The summed E-state index contributed by atoms with van der Waals surface area (Å²) in [5.74, 6) is 2.99. The molecular weight excluding hydrogens is 318 g/mol. The molecule has 0 N–H and O–H groups in total. The highest BCUT2D eigenvalue weighted by atomic mass is 16.5. The van der Waals surface area contributed by atoms with E-state index in [1.807, 2.05) is 16.5 Å². The van der Waals surface area contributed by atoms with Crippen LogP contribution in [-0.2, 0) is 6.54 Å². The Labute approximate surface area is 146 Å². The molecule has 1 fully saturated rings. The van der Waals surface area contributed by atoms with E-state index in [-0.39, 0.29) is 0 Å². The lowest BCUT2D eigenvalue weighted by atomic mass is 10.0. The monoisotopic (exact) mass is 341 g/mol. The summed E-state index contributed by atoms with van der Waals surface area (Å²) in [7, 11) is 3.25. The summed E-state index contributed by atoms with van der Waals surface area (Å²) in [6, 6.07) is 3.78. The summed E-state index contributed by atoms with van der Waals surface area (Å²) in [5.41, 5.74) is 1.61. The molecule has 4 rings (SSSR count). The van der Waals surface area contributed by atoms with E-state index < -0.39 is 0 Å². The van der Waals surface area contributed by atoms with Crippen molar-refractivity contribution in [2.75, 3.05) is 27.3 Å². The highest BCUT2D eigenvalue weighted by molar-refractivity contribution is 5.93. The fourth-order valence-corrected chi connectivity index (χ4v) is 3.64. The number of rotatable bonds is 4. The highest BCUT2D eigenvalue weighted by Crippen LogP contribution is 2.32. The van der Waals surface area contributed by atoms with E-state index in [1.54, 1.807) is 20.5 Å². The van der Waals surface area contributed by atoms with Crippen LogP contribution in [0.3, 0.4) is 0 Å². The third kappa shape index (κ3) is 2.89. The first-order chi connectivity index (χ1) is 12.2. The van der Waals surface area contributed by atoms with Crippen molar-refractivity contribution >= 4 is 16.6 Å². The lowest BCUT2D eigenvalue weighted by Gasteiger charge is -2.30. The van der Waals surface area contributed by atoms with Crippen LogP contribution in [0.15, 0.2) is 18.5 Å². The fraction of sp³-hybridized carbons (Fsp3) is 0.500. The van der Waals surface area contributed by atoms with E-state index in [1.165, 1.54) is 12.8 Å². The second kappa shape index (κ2) is 6.48. The molecule has 2 aromatic heterocycles. The molecule has 1 aliphatic heterocycles. The fourth-order valence-electron chi connectivity index (χ4n) is 3.64. The molecule has 0 amide bonds. The van der Waals surface area contributed by atoms with Crippen molar-refractivity contribution in [3.8, 4) is 11.5 Å². The van der Waals surface area contributed by atoms with Crippen molar-refractivity contribution in [2.45, 2.75) is 26.3 Å². The molecule has 0 spiro atoms. The van der Waals surface area contributed by atoms with Gasteiger partial charge in [-0.05, 0) is 31.4 Å². The van der Waals surface area contributed by atoms with Gasteiger partial charge in [-0.15, -0.1) is 10.2 Å². The Morgan fingerprint density at radius 1 is 1.16 bits per heavy atom. The van der Waals surface area contributed by atoms with Crippen LogP contribution in [-0.4, -0.2) is 51.8 Å². The Morgan fingerprint density at radius 3 is 2.72 bits per heavy atom. The molecule has 1 saturated heterocycles. The minimum Gasteiger partial charge on any atom is -0.493 e. The quantitative estimate of drug-likeness (QED) is 0.726. The zero-order valence-corrected chi connectivity index (χ0v) is 14.9. The number of piperidine rings is 1. The molecule has 0 saturated carbocycles. The SMILES string of the molecule is COc1cc2ncn3c(CN4CCC[C@@H](C)C4)nnc3c2cc1OC. The number of hydrogen-bond acceptors (Lipinski definition) is 6. The van der Waals surface area contributed by atoms with E-state index >= 15 is 0 Å². The summed E-state index contributed by atoms with van der Waals surface area (Å²) in [5, 5.41) is 9.74. The van der Waals surface area contributed by atoms with Gasteiger partial charge >= 0.3 is 0 Å².